The molecule has 123 heavy (non-hydrogen) atoms. The molecule has 5 amide bonds. The molecule has 9 aromatic carbocycles. The summed E-state index contributed by atoms with van der Waals surface area (Å²) in [7, 11) is 0. The van der Waals surface area contributed by atoms with Crippen molar-refractivity contribution in [2.45, 2.75) is 98.9 Å². The molecule has 3 aliphatic rings. The molecule has 8 heterocycles. The van der Waals surface area contributed by atoms with Crippen molar-refractivity contribution in [1.29, 1.82) is 0 Å². The zero-order valence-electron chi connectivity index (χ0n) is 69.0. The second-order valence-electron chi connectivity index (χ2n) is 30.2. The normalized spacial score (nSPS) is 14.5. The van der Waals surface area contributed by atoms with Gasteiger partial charge in [-0.05, 0) is 197 Å². The molecule has 0 radical (unpaired) electrons. The topological polar surface area (TPSA) is 334 Å². The highest BCUT2D eigenvalue weighted by Crippen LogP contribution is 2.31. The summed E-state index contributed by atoms with van der Waals surface area (Å²) >= 11 is 9.85. The van der Waals surface area contributed by atoms with Crippen LogP contribution in [0.3, 0.4) is 0 Å². The molecule has 35 heteroatoms. The van der Waals surface area contributed by atoms with Gasteiger partial charge in [0.1, 0.15) is 67.0 Å². The third kappa shape index (κ3) is 25.9. The van der Waals surface area contributed by atoms with Gasteiger partial charge in [-0.3, -0.25) is 53.8 Å². The number of hydrogen-bond donors (Lipinski definition) is 6. The van der Waals surface area contributed by atoms with Gasteiger partial charge in [-0.2, -0.15) is 35.0 Å². The minimum Gasteiger partial charge on any atom is -0.491 e. The van der Waals surface area contributed by atoms with Crippen LogP contribution in [-0.2, 0) is 43.5 Å². The van der Waals surface area contributed by atoms with Crippen LogP contribution in [0.5, 0.6) is 11.5 Å². The molecule has 0 unspecified atom stereocenters. The number of hydrogen-bond acceptors (Lipinski definition) is 28. The quantitative estimate of drug-likeness (QED) is 0.0324. The maximum absolute atomic E-state index is 13.9. The van der Waals surface area contributed by atoms with Crippen LogP contribution in [-0.4, -0.2) is 202 Å². The number of piperidine rings is 1. The first-order valence-electron chi connectivity index (χ1n) is 40.5. The average Bonchev–Trinajstić information content (AvgIpc) is 1.75. The van der Waals surface area contributed by atoms with Gasteiger partial charge >= 0.3 is 0 Å². The Hall–Kier alpha value is -11.8. The van der Waals surface area contributed by atoms with Crippen molar-refractivity contribution < 1.29 is 42.5 Å². The smallest absolute Gasteiger partial charge is 0.264 e. The number of nitrogens with one attached hydrogen (secondary N) is 6. The SMILES string of the molecule is C[C@@H]1CN(Cc2ccccc2F)CCN1CC(=O)Nc1cccc2nsnc12.Cc1ccc2nsnc2c1NC(=O)CN1CCCCC1.Cc1ccc2nsnc2c1NC(=O)CN1CCN(Cc2ccccc2)CC1.Cc1ccc2nsnc2c1NC(=S)NC(=O)COc1ccc(OC(C)C)cc1.O=C(CCc1ccccc1)Nc1cccc2nonc12. The monoisotopic (exact) mass is 1750 g/mol. The highest BCUT2D eigenvalue weighted by molar-refractivity contribution is 7.80. The number of aryl methyl sites for hydroxylation is 4. The molecule has 3 fully saturated rings. The lowest BCUT2D eigenvalue weighted by atomic mass is 10.1. The van der Waals surface area contributed by atoms with Gasteiger partial charge in [-0.15, -0.1) is 0 Å². The molecule has 14 aromatic rings. The molecular formula is C88H96FN21O8S5. The Kier molecular flexibility index (Phi) is 32.1. The summed E-state index contributed by atoms with van der Waals surface area (Å²) in [5, 5.41) is 25.2. The number of amides is 5. The molecule has 0 aliphatic carbocycles. The number of aromatic nitrogens is 10. The summed E-state index contributed by atoms with van der Waals surface area (Å²) < 4.78 is 63.6. The minimum absolute atomic E-state index is 0.00936. The van der Waals surface area contributed by atoms with E-state index in [0.29, 0.717) is 72.7 Å². The van der Waals surface area contributed by atoms with E-state index < -0.39 is 0 Å². The summed E-state index contributed by atoms with van der Waals surface area (Å²) in [5.41, 5.74) is 17.3. The van der Waals surface area contributed by atoms with Crippen LogP contribution >= 0.6 is 59.1 Å². The Morgan fingerprint density at radius 3 is 1.52 bits per heavy atom. The van der Waals surface area contributed by atoms with Crippen LogP contribution in [0.1, 0.15) is 79.8 Å². The zero-order chi connectivity index (χ0) is 86.0. The number of fused-ring (bicyclic) bond motifs is 5. The van der Waals surface area contributed by atoms with E-state index in [-0.39, 0.29) is 59.2 Å². The van der Waals surface area contributed by atoms with E-state index in [2.05, 4.69) is 138 Å². The fourth-order valence-corrected chi connectivity index (χ4v) is 16.5. The number of piperazine rings is 2. The first kappa shape index (κ1) is 89.0. The molecule has 6 N–H and O–H groups in total. The Balaban J connectivity index is 0.000000133. The largest absolute Gasteiger partial charge is 0.491 e. The lowest BCUT2D eigenvalue weighted by Gasteiger charge is -2.39. The minimum atomic E-state index is -0.360. The Morgan fingerprint density at radius 1 is 0.455 bits per heavy atom. The van der Waals surface area contributed by atoms with Crippen molar-refractivity contribution in [2.24, 2.45) is 0 Å². The zero-order valence-corrected chi connectivity index (χ0v) is 73.1. The molecular weight excluding hydrogens is 1660 g/mol. The van der Waals surface area contributed by atoms with E-state index in [1.54, 1.807) is 48.5 Å². The van der Waals surface area contributed by atoms with Gasteiger partial charge in [0.25, 0.3) is 5.91 Å². The summed E-state index contributed by atoms with van der Waals surface area (Å²) in [6.45, 7) is 22.7. The number of carbonyl (C=O) groups excluding carboxylic acids is 5. The Morgan fingerprint density at radius 2 is 0.943 bits per heavy atom. The van der Waals surface area contributed by atoms with Crippen molar-refractivity contribution in [2.75, 3.05) is 112 Å². The molecule has 0 saturated carbocycles. The van der Waals surface area contributed by atoms with Crippen LogP contribution in [0.2, 0.25) is 0 Å². The summed E-state index contributed by atoms with van der Waals surface area (Å²) in [6.07, 6.45) is 4.89. The van der Waals surface area contributed by atoms with Gasteiger partial charge < -0.3 is 36.1 Å². The van der Waals surface area contributed by atoms with Crippen molar-refractivity contribution in [3.8, 4) is 11.5 Å². The first-order valence-corrected chi connectivity index (χ1v) is 43.8. The number of thiocarbonyl (C=S) groups is 1. The van der Waals surface area contributed by atoms with Gasteiger partial charge in [0, 0.05) is 76.9 Å². The Bertz CT molecular complexity index is 5870. The van der Waals surface area contributed by atoms with Crippen LogP contribution in [0.15, 0.2) is 187 Å². The lowest BCUT2D eigenvalue weighted by molar-refractivity contribution is -0.122. The number of nitrogens with zero attached hydrogens (tertiary/aromatic N) is 15. The molecule has 3 aliphatic heterocycles. The van der Waals surface area contributed by atoms with Crippen molar-refractivity contribution >= 4 is 177 Å². The summed E-state index contributed by atoms with van der Waals surface area (Å²) in [4.78, 5) is 72.6. The van der Waals surface area contributed by atoms with Crippen molar-refractivity contribution in [3.63, 3.8) is 0 Å². The van der Waals surface area contributed by atoms with Gasteiger partial charge in [-0.1, -0.05) is 116 Å². The van der Waals surface area contributed by atoms with Crippen molar-refractivity contribution in [1.82, 2.24) is 75.1 Å². The molecule has 0 spiro atoms. The number of halogens is 1. The van der Waals surface area contributed by atoms with Crippen LogP contribution in [0.25, 0.3) is 55.2 Å². The number of benzene rings is 9. The second kappa shape index (κ2) is 44.3. The maximum atomic E-state index is 13.9. The second-order valence-corrected chi connectivity index (χ2v) is 32.7. The van der Waals surface area contributed by atoms with Crippen LogP contribution in [0, 0.1) is 26.6 Å². The van der Waals surface area contributed by atoms with Crippen LogP contribution in [0.4, 0.5) is 32.8 Å². The molecule has 3 saturated heterocycles. The van der Waals surface area contributed by atoms with E-state index in [4.69, 9.17) is 21.7 Å². The van der Waals surface area contributed by atoms with Crippen molar-refractivity contribution in [3.05, 3.63) is 221 Å². The summed E-state index contributed by atoms with van der Waals surface area (Å²) in [6, 6.07) is 57.3. The van der Waals surface area contributed by atoms with Gasteiger partial charge in [0.2, 0.25) is 23.6 Å². The predicted molar refractivity (Wildman–Crippen MR) is 488 cm³/mol. The third-order valence-electron chi connectivity index (χ3n) is 20.5. The highest BCUT2D eigenvalue weighted by Gasteiger charge is 2.28. The molecule has 5 aromatic heterocycles. The van der Waals surface area contributed by atoms with Gasteiger partial charge in [-0.25, -0.2) is 9.02 Å². The number of carbonyl (C=O) groups is 5. The van der Waals surface area contributed by atoms with Gasteiger partial charge in [0.15, 0.2) is 17.2 Å². The fraction of sp³-hybridized carbons (Fsp3) is 0.318. The lowest BCUT2D eigenvalue weighted by Crippen LogP contribution is -2.53. The average molecular weight is 1760 g/mol. The third-order valence-corrected chi connectivity index (χ3v) is 22.9. The number of rotatable bonds is 23. The number of ether oxygens (including phenoxy) is 2. The standard InChI is InChI=1S/C20H22FN5OS.C20H23N5OS.C19H20N4O3S2.C15H13N3O2.C14H18N4OS/c1-14-11-25(12-15-5-2-3-6-16(15)21)9-10-26(14)13-19(27)22-17-7-4-8-18-20(17)24-28-23-18;1-15-7-8-17-20(23-27-22-17)19(15)21-18(26)14-25-11-9-24(10-12-25)13-16-5-3-2-4-6-16;1-11(2)26-14-7-5-13(6-8-14)25-10-16(24)20-19(27)21-17-12(3)4-9-15-18(17)23-28-22-15;19-14(10-9-11-5-2-1-3-6-11)16-12-7-4-8-13-15(12)18-20-17-13;1-10-5-6-11-14(17-20-16-11)13(10)15-12(19)9-18-7-3-2-4-8-18/h2-8,14H,9-13H2,1H3,(H,22,27);2-8H,9-14H2,1H3,(H,21,26);4-9,11H,10H2,1-3H3,(H2,20,21,24,27);1-8H,9-10H2,(H,16,19);5-6H,2-4,7-9H2,1H3,(H,15,19)/t14-;;;;/m1..../s1. The number of likely N-dealkylation sites (tertiary alicyclic amines) is 1. The van der Waals surface area contributed by atoms with Gasteiger partial charge in [0.05, 0.1) is 101 Å². The highest BCUT2D eigenvalue weighted by atomic mass is 32.1. The molecule has 29 nitrogen and oxygen atoms in total. The van der Waals surface area contributed by atoms with E-state index >= 15 is 0 Å². The van der Waals surface area contributed by atoms with E-state index in [1.807, 2.05) is 138 Å². The van der Waals surface area contributed by atoms with E-state index in [1.165, 1.54) is 54.3 Å². The molecule has 17 rings (SSSR count). The Labute approximate surface area is 733 Å². The molecule has 0 bridgehead atoms. The molecule has 638 valence electrons. The maximum Gasteiger partial charge on any atom is 0.264 e. The molecule has 1 atom stereocenters. The van der Waals surface area contributed by atoms with E-state index in [9.17, 15) is 28.4 Å². The first-order chi connectivity index (χ1) is 59.8. The van der Waals surface area contributed by atoms with E-state index in [0.717, 1.165) is 178 Å². The number of anilines is 5. The fourth-order valence-electron chi connectivity index (χ4n) is 14.1. The van der Waals surface area contributed by atoms with Crippen LogP contribution < -0.4 is 41.4 Å². The predicted octanol–water partition coefficient (Wildman–Crippen LogP) is 14.6. The summed E-state index contributed by atoms with van der Waals surface area (Å²) in [5.74, 6) is 0.728.